The van der Waals surface area contributed by atoms with Crippen LogP contribution in [0.2, 0.25) is 0 Å². The molecule has 1 aliphatic heterocycles. The normalized spacial score (nSPS) is 18.9. The third-order valence-corrected chi connectivity index (χ3v) is 6.57. The molecule has 2 N–H and O–H groups in total. The summed E-state index contributed by atoms with van der Waals surface area (Å²) in [6.07, 6.45) is 2.41. The molecule has 2 fully saturated rings. The Morgan fingerprint density at radius 2 is 2.00 bits per heavy atom. The zero-order valence-corrected chi connectivity index (χ0v) is 18.0. The van der Waals surface area contributed by atoms with Crippen molar-refractivity contribution in [2.24, 2.45) is 5.41 Å². The van der Waals surface area contributed by atoms with E-state index in [1.165, 1.54) is 12.3 Å². The lowest BCUT2D eigenvalue weighted by Gasteiger charge is -2.20. The molecule has 10 nitrogen and oxygen atoms in total. The number of ether oxygens (including phenoxy) is 1. The third-order valence-electron chi connectivity index (χ3n) is 6.57. The third kappa shape index (κ3) is 3.72. The van der Waals surface area contributed by atoms with E-state index in [1.54, 1.807) is 23.0 Å². The lowest BCUT2D eigenvalue weighted by atomic mass is 10.0. The van der Waals surface area contributed by atoms with Gasteiger partial charge in [0, 0.05) is 42.8 Å². The SMILES string of the molecule is O=c1[nH]cc(-c2cc(N3CC(Oc4ccc(C(F)(F)F)cn4)C4(CC4)C3)c3nccn3n2)c(=O)[nH]1. The van der Waals surface area contributed by atoms with E-state index in [0.29, 0.717) is 24.4 Å². The highest BCUT2D eigenvalue weighted by Crippen LogP contribution is 2.55. The van der Waals surface area contributed by atoms with Crippen LogP contribution in [0, 0.1) is 5.41 Å². The van der Waals surface area contributed by atoms with Gasteiger partial charge in [0.2, 0.25) is 5.88 Å². The van der Waals surface area contributed by atoms with Gasteiger partial charge in [-0.3, -0.25) is 9.78 Å². The van der Waals surface area contributed by atoms with Crippen LogP contribution < -0.4 is 20.9 Å². The fourth-order valence-corrected chi connectivity index (χ4v) is 4.55. The van der Waals surface area contributed by atoms with Crippen LogP contribution in [-0.2, 0) is 6.18 Å². The van der Waals surface area contributed by atoms with Crippen molar-refractivity contribution in [3.8, 4) is 17.1 Å². The average Bonchev–Trinajstić information content (AvgIpc) is 3.27. The number of nitrogens with zero attached hydrogens (tertiary/aromatic N) is 5. The minimum Gasteiger partial charge on any atom is -0.472 e. The molecule has 1 saturated carbocycles. The number of fused-ring (bicyclic) bond motifs is 1. The molecule has 1 spiro atoms. The molecular formula is C22H18F3N7O3. The van der Waals surface area contributed by atoms with Crippen molar-refractivity contribution >= 4 is 11.3 Å². The first-order valence-electron chi connectivity index (χ1n) is 10.8. The summed E-state index contributed by atoms with van der Waals surface area (Å²) in [4.78, 5) is 38.8. The van der Waals surface area contributed by atoms with E-state index in [9.17, 15) is 22.8 Å². The smallest absolute Gasteiger partial charge is 0.417 e. The second kappa shape index (κ2) is 7.42. The second-order valence-corrected chi connectivity index (χ2v) is 8.83. The fourth-order valence-electron chi connectivity index (χ4n) is 4.55. The molecule has 0 aromatic carbocycles. The highest BCUT2D eigenvalue weighted by atomic mass is 19.4. The summed E-state index contributed by atoms with van der Waals surface area (Å²) in [5.74, 6) is 0.136. The van der Waals surface area contributed by atoms with Crippen LogP contribution in [0.25, 0.3) is 16.9 Å². The first-order valence-corrected chi connectivity index (χ1v) is 10.8. The van der Waals surface area contributed by atoms with Crippen molar-refractivity contribution in [1.29, 1.82) is 0 Å². The largest absolute Gasteiger partial charge is 0.472 e. The summed E-state index contributed by atoms with van der Waals surface area (Å²) < 4.78 is 46.2. The van der Waals surface area contributed by atoms with Gasteiger partial charge in [-0.25, -0.2) is 19.3 Å². The number of H-pyrrole nitrogens is 2. The second-order valence-electron chi connectivity index (χ2n) is 8.83. The van der Waals surface area contributed by atoms with Crippen LogP contribution in [0.1, 0.15) is 18.4 Å². The quantitative estimate of drug-likeness (QED) is 0.455. The van der Waals surface area contributed by atoms with Crippen molar-refractivity contribution in [2.75, 3.05) is 18.0 Å². The van der Waals surface area contributed by atoms with Crippen molar-refractivity contribution in [1.82, 2.24) is 29.5 Å². The highest BCUT2D eigenvalue weighted by molar-refractivity contribution is 5.75. The Labute approximate surface area is 194 Å². The topological polar surface area (TPSA) is 121 Å². The van der Waals surface area contributed by atoms with E-state index in [4.69, 9.17) is 4.74 Å². The number of halogens is 3. The van der Waals surface area contributed by atoms with E-state index in [1.807, 2.05) is 0 Å². The molecule has 0 bridgehead atoms. The lowest BCUT2D eigenvalue weighted by Crippen LogP contribution is -2.28. The van der Waals surface area contributed by atoms with E-state index >= 15 is 0 Å². The average molecular weight is 485 g/mol. The molecule has 2 aliphatic rings. The highest BCUT2D eigenvalue weighted by Gasteiger charge is 2.57. The van der Waals surface area contributed by atoms with Crippen LogP contribution in [0.5, 0.6) is 5.88 Å². The van der Waals surface area contributed by atoms with Gasteiger partial charge in [-0.15, -0.1) is 0 Å². The van der Waals surface area contributed by atoms with Gasteiger partial charge in [-0.1, -0.05) is 0 Å². The number of aromatic nitrogens is 6. The summed E-state index contributed by atoms with van der Waals surface area (Å²) in [6.45, 7) is 1.10. The molecule has 1 unspecified atom stereocenters. The van der Waals surface area contributed by atoms with Gasteiger partial charge < -0.3 is 14.6 Å². The number of imidazole rings is 1. The predicted molar refractivity (Wildman–Crippen MR) is 117 cm³/mol. The maximum atomic E-state index is 12.9. The molecule has 5 heterocycles. The number of anilines is 1. The Bertz CT molecular complexity index is 1540. The molecule has 13 heteroatoms. The Morgan fingerprint density at radius 3 is 2.69 bits per heavy atom. The van der Waals surface area contributed by atoms with E-state index in [2.05, 4.69) is 29.9 Å². The van der Waals surface area contributed by atoms with Gasteiger partial charge in [0.1, 0.15) is 11.8 Å². The lowest BCUT2D eigenvalue weighted by molar-refractivity contribution is -0.137. The van der Waals surface area contributed by atoms with Gasteiger partial charge >= 0.3 is 11.9 Å². The van der Waals surface area contributed by atoms with E-state index in [-0.39, 0.29) is 23.0 Å². The van der Waals surface area contributed by atoms with Crippen LogP contribution in [0.4, 0.5) is 18.9 Å². The Hall–Kier alpha value is -4.16. The summed E-state index contributed by atoms with van der Waals surface area (Å²) >= 11 is 0. The maximum absolute atomic E-state index is 12.9. The molecule has 0 amide bonds. The Balaban J connectivity index is 1.32. The fraction of sp³-hybridized carbons (Fsp3) is 0.318. The summed E-state index contributed by atoms with van der Waals surface area (Å²) in [6, 6.07) is 3.93. The van der Waals surface area contributed by atoms with Crippen molar-refractivity contribution < 1.29 is 17.9 Å². The zero-order chi connectivity index (χ0) is 24.4. The monoisotopic (exact) mass is 485 g/mol. The van der Waals surface area contributed by atoms with Crippen molar-refractivity contribution in [2.45, 2.75) is 25.1 Å². The molecule has 1 saturated heterocycles. The summed E-state index contributed by atoms with van der Waals surface area (Å²) in [7, 11) is 0. The zero-order valence-electron chi connectivity index (χ0n) is 18.0. The Kier molecular flexibility index (Phi) is 4.53. The molecule has 6 rings (SSSR count). The molecule has 35 heavy (non-hydrogen) atoms. The summed E-state index contributed by atoms with van der Waals surface area (Å²) in [5.41, 5.74) is -0.307. The molecular weight excluding hydrogens is 467 g/mol. The number of alkyl halides is 3. The molecule has 0 radical (unpaired) electrons. The number of aromatic amines is 2. The maximum Gasteiger partial charge on any atom is 0.417 e. The minimum atomic E-state index is -4.46. The van der Waals surface area contributed by atoms with E-state index < -0.39 is 23.0 Å². The van der Waals surface area contributed by atoms with Crippen molar-refractivity contribution in [3.63, 3.8) is 0 Å². The molecule has 4 aromatic heterocycles. The standard InChI is InChI=1S/C22H18F3N7O3/c23-22(24,25)12-1-2-17(27-8-12)35-16-10-31(11-21(16)3-4-21)15-7-14(30-32-6-5-26-18(15)32)13-9-28-20(34)29-19(13)33/h1-2,5-9,16H,3-4,10-11H2,(H2,28,29,33,34). The van der Waals surface area contributed by atoms with Gasteiger partial charge in [-0.05, 0) is 25.0 Å². The molecule has 180 valence electrons. The van der Waals surface area contributed by atoms with Crippen LogP contribution >= 0.6 is 0 Å². The number of pyridine rings is 1. The number of rotatable bonds is 4. The van der Waals surface area contributed by atoms with Crippen LogP contribution in [0.3, 0.4) is 0 Å². The van der Waals surface area contributed by atoms with Crippen LogP contribution in [0.15, 0.2) is 52.6 Å². The first kappa shape index (κ1) is 21.4. The predicted octanol–water partition coefficient (Wildman–Crippen LogP) is 2.23. The van der Waals surface area contributed by atoms with Gasteiger partial charge in [0.25, 0.3) is 5.56 Å². The first-order chi connectivity index (χ1) is 16.7. The van der Waals surface area contributed by atoms with Gasteiger partial charge in [-0.2, -0.15) is 18.3 Å². The number of hydrogen-bond donors (Lipinski definition) is 2. The van der Waals surface area contributed by atoms with Gasteiger partial charge in [0.15, 0.2) is 5.65 Å². The summed E-state index contributed by atoms with van der Waals surface area (Å²) in [5, 5.41) is 4.45. The van der Waals surface area contributed by atoms with Gasteiger partial charge in [0.05, 0.1) is 23.4 Å². The molecule has 1 atom stereocenters. The number of hydrogen-bond acceptors (Lipinski definition) is 7. The minimum absolute atomic E-state index is 0.136. The van der Waals surface area contributed by atoms with Crippen LogP contribution in [-0.4, -0.2) is 48.7 Å². The van der Waals surface area contributed by atoms with E-state index in [0.717, 1.165) is 30.8 Å². The van der Waals surface area contributed by atoms with Crippen molar-refractivity contribution in [3.05, 3.63) is 69.4 Å². The number of nitrogens with one attached hydrogen (secondary N) is 2. The molecule has 4 aromatic rings. The Morgan fingerprint density at radius 1 is 1.17 bits per heavy atom. The molecule has 1 aliphatic carbocycles.